The molecule has 0 spiro atoms. The first-order valence-corrected chi connectivity index (χ1v) is 25.1. The van der Waals surface area contributed by atoms with Gasteiger partial charge < -0.3 is 53.2 Å². The van der Waals surface area contributed by atoms with Gasteiger partial charge in [0.25, 0.3) is 23.6 Å². The summed E-state index contributed by atoms with van der Waals surface area (Å²) in [6.45, 7) is 0.194. The Bertz CT molecular complexity index is 3590. The van der Waals surface area contributed by atoms with E-state index in [1.807, 2.05) is 6.07 Å². The summed E-state index contributed by atoms with van der Waals surface area (Å²) in [5.74, 6) is 12.0. The first-order valence-electron chi connectivity index (χ1n) is 25.1. The molecule has 0 saturated carbocycles. The van der Waals surface area contributed by atoms with Gasteiger partial charge in [-0.25, -0.2) is 24.0 Å². The lowest BCUT2D eigenvalue weighted by molar-refractivity contribution is -0.147. The number of alkyl carbamates (subject to hydrolysis) is 2. The highest BCUT2D eigenvalue weighted by Gasteiger charge is 2.49. The molecule has 5 aromatic rings. The van der Waals surface area contributed by atoms with Gasteiger partial charge in [0.15, 0.2) is 0 Å². The molecule has 25 nitrogen and oxygen atoms in total. The number of pyridine rings is 2. The Morgan fingerprint density at radius 2 is 1.02 bits per heavy atom. The minimum Gasteiger partial charge on any atom is -0.497 e. The van der Waals surface area contributed by atoms with Crippen LogP contribution in [-0.4, -0.2) is 164 Å². The summed E-state index contributed by atoms with van der Waals surface area (Å²) < 4.78 is 34.3. The maximum absolute atomic E-state index is 13.0. The topological polar surface area (TPSA) is 302 Å². The van der Waals surface area contributed by atoms with Gasteiger partial charge >= 0.3 is 30.2 Å². The Morgan fingerprint density at radius 3 is 1.42 bits per heavy atom. The number of imide groups is 1. The minimum atomic E-state index is -1.86. The molecule has 4 aliphatic heterocycles. The van der Waals surface area contributed by atoms with E-state index in [2.05, 4.69) is 70.3 Å². The summed E-state index contributed by atoms with van der Waals surface area (Å²) >= 11 is 0. The fraction of sp³-hybridized carbons (Fsp3) is 0.283. The van der Waals surface area contributed by atoms with Crippen molar-refractivity contribution in [3.05, 3.63) is 148 Å². The molecule has 440 valence electrons. The monoisotopic (exact) mass is 1160 g/mol. The number of nitrogens with one attached hydrogen (secondary N) is 4. The van der Waals surface area contributed by atoms with Crippen molar-refractivity contribution in [3.63, 3.8) is 0 Å². The van der Waals surface area contributed by atoms with Crippen LogP contribution in [0.5, 0.6) is 17.2 Å². The third kappa shape index (κ3) is 14.1. The van der Waals surface area contributed by atoms with E-state index in [0.717, 1.165) is 38.0 Å². The number of aromatic nitrogens is 2. The molecule has 3 atom stereocenters. The number of carbonyl (C=O) groups excluding carboxylic acids is 9. The molecular weight excluding hydrogens is 1100 g/mol. The average molecular weight is 1160 g/mol. The summed E-state index contributed by atoms with van der Waals surface area (Å²) in [4.78, 5) is 124. The van der Waals surface area contributed by atoms with E-state index in [-0.39, 0.29) is 57.9 Å². The van der Waals surface area contributed by atoms with E-state index in [4.69, 9.17) is 30.1 Å². The number of amides is 8. The largest absolute Gasteiger partial charge is 0.497 e. The molecule has 0 aliphatic carbocycles. The van der Waals surface area contributed by atoms with Gasteiger partial charge in [0, 0.05) is 72.2 Å². The molecular formula is C60H59N9O16. The molecule has 2 aromatic heterocycles. The highest BCUT2D eigenvalue weighted by atomic mass is 16.6. The van der Waals surface area contributed by atoms with Crippen molar-refractivity contribution in [2.24, 2.45) is 0 Å². The second-order valence-corrected chi connectivity index (χ2v) is 18.5. The lowest BCUT2D eigenvalue weighted by Gasteiger charge is -2.30. The number of carbonyl (C=O) groups is 9. The van der Waals surface area contributed by atoms with Gasteiger partial charge in [-0.15, -0.1) is 6.42 Å². The van der Waals surface area contributed by atoms with E-state index in [1.54, 1.807) is 91.4 Å². The molecule has 0 bridgehead atoms. The summed E-state index contributed by atoms with van der Waals surface area (Å²) in [5, 5.41) is 9.52. The van der Waals surface area contributed by atoms with Gasteiger partial charge in [-0.2, -0.15) is 0 Å². The molecule has 3 aromatic carbocycles. The highest BCUT2D eigenvalue weighted by molar-refractivity contribution is 6.10. The first-order chi connectivity index (χ1) is 40.3. The molecule has 0 unspecified atom stereocenters. The fourth-order valence-corrected chi connectivity index (χ4v) is 8.98. The molecule has 25 heteroatoms. The van der Waals surface area contributed by atoms with Crippen molar-refractivity contribution in [2.75, 3.05) is 69.4 Å². The summed E-state index contributed by atoms with van der Waals surface area (Å²) in [6, 6.07) is 21.7. The van der Waals surface area contributed by atoms with Gasteiger partial charge in [0.05, 0.1) is 69.4 Å². The zero-order chi connectivity index (χ0) is 60.8. The van der Waals surface area contributed by atoms with Crippen molar-refractivity contribution in [2.45, 2.75) is 43.7 Å². The van der Waals surface area contributed by atoms with Crippen LogP contribution in [0.15, 0.2) is 104 Å². The SMILES string of the molecule is C.C#C[C@](CN1Cc2ccc(OC)cc2C1=O)(NC(=O)OC)C(=O)OC.COC(=O)N[C@](C#Cc1cccnc1)(CN1Cc2ccc(OC)cc2C1=O)C(=O)OC.COc1ccc2c(c1)C(=O)N(C[C@@]1(C#Cc3cccnc3)NC(=O)NC1=O)C2. The average Bonchev–Trinajstić information content (AvgIpc) is 2.47. The van der Waals surface area contributed by atoms with E-state index in [1.165, 1.54) is 49.3 Å². The van der Waals surface area contributed by atoms with Crippen LogP contribution in [-0.2, 0) is 53.0 Å². The molecule has 8 amide bonds. The van der Waals surface area contributed by atoms with E-state index in [9.17, 15) is 43.2 Å². The predicted molar refractivity (Wildman–Crippen MR) is 301 cm³/mol. The lowest BCUT2D eigenvalue weighted by Crippen LogP contribution is -2.60. The molecule has 4 N–H and O–H groups in total. The zero-order valence-corrected chi connectivity index (χ0v) is 46.4. The van der Waals surface area contributed by atoms with Crippen molar-refractivity contribution in [1.29, 1.82) is 0 Å². The van der Waals surface area contributed by atoms with Crippen molar-refractivity contribution in [3.8, 4) is 53.3 Å². The third-order valence-corrected chi connectivity index (χ3v) is 13.3. The maximum atomic E-state index is 13.0. The van der Waals surface area contributed by atoms with E-state index >= 15 is 0 Å². The smallest absolute Gasteiger partial charge is 0.408 e. The number of rotatable bonds is 13. The highest BCUT2D eigenvalue weighted by Crippen LogP contribution is 2.31. The standard InChI is InChI=1S/C22H21N3O6.C20H16N4O4.C17H18N2O6.CH4/c1-29-17-7-6-16-13-25(19(26)18(16)11-17)14-22(20(27)30-2,24-21(28)31-3)9-8-15-5-4-10-23-12-15;1-28-15-5-4-14-11-24(17(25)16(14)9-15)12-20(18(26)22-19(27)23-20)7-6-13-3-2-8-21-10-13;1-5-17(15(21)24-3,18-16(22)25-4)10-19-9-11-6-7-12(23-2)8-13(11)14(19)20;/h4-7,10-12H,13-14H2,1-3H3,(H,24,28);2-5,8-10H,11-12H2,1H3,(H2,22,23,26,27);1,6-8H,9-10H2,2-4H3,(H,18,22);1H4/t22-;20-;17-;/m111./s1. The number of methoxy groups -OCH3 is 7. The Labute approximate surface area is 488 Å². The Hall–Kier alpha value is -11.1. The van der Waals surface area contributed by atoms with Crippen LogP contribution in [0.25, 0.3) is 0 Å². The van der Waals surface area contributed by atoms with Crippen LogP contribution in [0.4, 0.5) is 14.4 Å². The van der Waals surface area contributed by atoms with Gasteiger partial charge in [0.2, 0.25) is 16.6 Å². The molecule has 0 radical (unpaired) electrons. The van der Waals surface area contributed by atoms with Crippen molar-refractivity contribution < 1.29 is 76.3 Å². The summed E-state index contributed by atoms with van der Waals surface area (Å²) in [6.07, 6.45) is 9.94. The number of hydrogen-bond acceptors (Lipinski definition) is 18. The number of fused-ring (bicyclic) bond motifs is 3. The van der Waals surface area contributed by atoms with Crippen LogP contribution in [0, 0.1) is 36.0 Å². The Balaban J connectivity index is 0.000000204. The van der Waals surface area contributed by atoms with Crippen LogP contribution in [0.2, 0.25) is 0 Å². The van der Waals surface area contributed by atoms with Gasteiger partial charge in [-0.1, -0.05) is 55.2 Å². The first kappa shape index (κ1) is 63.1. The second-order valence-electron chi connectivity index (χ2n) is 18.5. The van der Waals surface area contributed by atoms with Crippen molar-refractivity contribution in [1.82, 2.24) is 45.9 Å². The normalized spacial score (nSPS) is 16.1. The molecule has 4 aliphatic rings. The number of benzene rings is 3. The Kier molecular flexibility index (Phi) is 20.4. The van der Waals surface area contributed by atoms with Crippen LogP contribution < -0.4 is 35.5 Å². The number of esters is 2. The predicted octanol–water partition coefficient (Wildman–Crippen LogP) is 3.23. The van der Waals surface area contributed by atoms with Gasteiger partial charge in [-0.3, -0.25) is 45.1 Å². The van der Waals surface area contributed by atoms with Gasteiger partial charge in [0.1, 0.15) is 17.2 Å². The van der Waals surface area contributed by atoms with Gasteiger partial charge in [-0.05, 0) is 77.4 Å². The quantitative estimate of drug-likeness (QED) is 0.0569. The molecule has 9 rings (SSSR count). The van der Waals surface area contributed by atoms with Crippen LogP contribution >= 0.6 is 0 Å². The summed E-state index contributed by atoms with van der Waals surface area (Å²) in [7, 11) is 9.15. The number of urea groups is 1. The molecule has 85 heavy (non-hydrogen) atoms. The van der Waals surface area contributed by atoms with E-state index in [0.29, 0.717) is 51.6 Å². The Morgan fingerprint density at radius 1 is 0.600 bits per heavy atom. The van der Waals surface area contributed by atoms with Crippen LogP contribution in [0.3, 0.4) is 0 Å². The van der Waals surface area contributed by atoms with Crippen molar-refractivity contribution >= 4 is 53.8 Å². The minimum absolute atomic E-state index is 0. The maximum Gasteiger partial charge on any atom is 0.408 e. The molecule has 6 heterocycles. The summed E-state index contributed by atoms with van der Waals surface area (Å²) in [5.41, 5.74) is -0.366. The lowest BCUT2D eigenvalue weighted by atomic mass is 9.99. The molecule has 1 saturated heterocycles. The van der Waals surface area contributed by atoms with E-state index < -0.39 is 52.7 Å². The number of nitrogens with zero attached hydrogens (tertiary/aromatic N) is 5. The molecule has 1 fully saturated rings. The third-order valence-electron chi connectivity index (χ3n) is 13.3. The zero-order valence-electron chi connectivity index (χ0n) is 46.4. The number of hydrogen-bond donors (Lipinski definition) is 4. The number of terminal acetylenes is 1. The second kappa shape index (κ2) is 27.6. The number of ether oxygens (including phenoxy) is 7. The van der Waals surface area contributed by atoms with Crippen LogP contribution in [0.1, 0.15) is 66.3 Å². The fourth-order valence-electron chi connectivity index (χ4n) is 8.98.